The van der Waals surface area contributed by atoms with Crippen molar-refractivity contribution in [1.82, 2.24) is 0 Å². The predicted molar refractivity (Wildman–Crippen MR) is 74.1 cm³/mol. The van der Waals surface area contributed by atoms with Gasteiger partial charge in [0, 0.05) is 5.56 Å². The molecule has 0 aromatic heterocycles. The number of hydrogen-bond donors (Lipinski definition) is 1. The van der Waals surface area contributed by atoms with Gasteiger partial charge in [-0.3, -0.25) is 4.79 Å². The Morgan fingerprint density at radius 2 is 2.11 bits per heavy atom. The molecule has 0 saturated heterocycles. The standard InChI is InChI=1S/C15H16N2O2/c1-3-4-10-15(2,13(18)11-17-16)14(19)12-8-6-5-7-9-12/h3,5-9,11H,1,4,10H2,2H3/p+1/b13-11-. The summed E-state index contributed by atoms with van der Waals surface area (Å²) < 4.78 is 0. The normalized spacial score (nSPS) is 14.2. The lowest BCUT2D eigenvalue weighted by Gasteiger charge is -2.25. The Labute approximate surface area is 112 Å². The Morgan fingerprint density at radius 1 is 1.47 bits per heavy atom. The van der Waals surface area contributed by atoms with Crippen molar-refractivity contribution in [3.8, 4) is 0 Å². The number of nitrogens with zero attached hydrogens (tertiary/aromatic N) is 2. The third kappa shape index (κ3) is 3.29. The first-order valence-electron chi connectivity index (χ1n) is 6.01. The van der Waals surface area contributed by atoms with E-state index in [-0.39, 0.29) is 11.5 Å². The number of ketones is 1. The van der Waals surface area contributed by atoms with Gasteiger partial charge in [0.1, 0.15) is 0 Å². The van der Waals surface area contributed by atoms with Crippen molar-refractivity contribution in [2.45, 2.75) is 19.8 Å². The van der Waals surface area contributed by atoms with Crippen LogP contribution in [0.3, 0.4) is 0 Å². The molecule has 4 nitrogen and oxygen atoms in total. The molecule has 1 rings (SSSR count). The van der Waals surface area contributed by atoms with Crippen LogP contribution in [0.4, 0.5) is 0 Å². The van der Waals surface area contributed by atoms with Crippen LogP contribution in [0.15, 0.2) is 54.9 Å². The van der Waals surface area contributed by atoms with Crippen molar-refractivity contribution in [3.63, 3.8) is 0 Å². The number of aliphatic hydroxyl groups is 1. The minimum Gasteiger partial charge on any atom is -0.505 e. The molecule has 1 aromatic carbocycles. The zero-order valence-corrected chi connectivity index (χ0v) is 10.9. The van der Waals surface area contributed by atoms with E-state index in [0.29, 0.717) is 18.4 Å². The van der Waals surface area contributed by atoms with Gasteiger partial charge >= 0.3 is 6.20 Å². The van der Waals surface area contributed by atoms with Crippen LogP contribution in [0.25, 0.3) is 4.98 Å². The van der Waals surface area contributed by atoms with Crippen molar-refractivity contribution in [3.05, 3.63) is 65.5 Å². The van der Waals surface area contributed by atoms with Crippen molar-refractivity contribution >= 4 is 5.78 Å². The number of aliphatic hydroxyl groups excluding tert-OH is 1. The molecular formula is C15H17N2O2+. The van der Waals surface area contributed by atoms with Gasteiger partial charge < -0.3 is 5.11 Å². The lowest BCUT2D eigenvalue weighted by Crippen LogP contribution is -2.30. The third-order valence-electron chi connectivity index (χ3n) is 3.13. The quantitative estimate of drug-likeness (QED) is 0.361. The van der Waals surface area contributed by atoms with E-state index in [4.69, 9.17) is 5.39 Å². The summed E-state index contributed by atoms with van der Waals surface area (Å²) in [5.41, 5.74) is -0.617. The highest BCUT2D eigenvalue weighted by Crippen LogP contribution is 2.35. The number of allylic oxidation sites excluding steroid dienone is 2. The summed E-state index contributed by atoms with van der Waals surface area (Å²) in [6.45, 7) is 5.24. The lowest BCUT2D eigenvalue weighted by atomic mass is 9.77. The summed E-state index contributed by atoms with van der Waals surface area (Å²) in [4.78, 5) is 15.3. The summed E-state index contributed by atoms with van der Waals surface area (Å²) in [6.07, 6.45) is 3.53. The van der Waals surface area contributed by atoms with Crippen LogP contribution in [0.5, 0.6) is 0 Å². The lowest BCUT2D eigenvalue weighted by molar-refractivity contribution is 0.0790. The summed E-state index contributed by atoms with van der Waals surface area (Å²) in [5.74, 6) is -0.474. The largest absolute Gasteiger partial charge is 0.505 e. The van der Waals surface area contributed by atoms with E-state index < -0.39 is 5.41 Å². The van der Waals surface area contributed by atoms with E-state index in [1.807, 2.05) is 6.07 Å². The fourth-order valence-corrected chi connectivity index (χ4v) is 1.85. The summed E-state index contributed by atoms with van der Waals surface area (Å²) in [5, 5.41) is 18.5. The second-order valence-electron chi connectivity index (χ2n) is 4.48. The first kappa shape index (κ1) is 14.7. The van der Waals surface area contributed by atoms with Crippen molar-refractivity contribution in [2.24, 2.45) is 5.41 Å². The Balaban J connectivity index is 3.17. The van der Waals surface area contributed by atoms with Crippen LogP contribution < -0.4 is 0 Å². The number of carbonyl (C=O) groups is 1. The SMILES string of the molecule is C=CCCC(C)(C(=O)c1ccccc1)/C(O)=C/[N+]#N. The van der Waals surface area contributed by atoms with Crippen LogP contribution in [0.1, 0.15) is 30.1 Å². The third-order valence-corrected chi connectivity index (χ3v) is 3.13. The zero-order valence-electron chi connectivity index (χ0n) is 10.9. The van der Waals surface area contributed by atoms with Gasteiger partial charge in [0.2, 0.25) is 5.39 Å². The molecule has 0 radical (unpaired) electrons. The Bertz CT molecular complexity index is 529. The summed E-state index contributed by atoms with van der Waals surface area (Å²) in [6, 6.07) is 8.73. The molecule has 0 aliphatic rings. The predicted octanol–water partition coefficient (Wildman–Crippen LogP) is 4.09. The maximum atomic E-state index is 12.5. The van der Waals surface area contributed by atoms with Gasteiger partial charge in [-0.15, -0.1) is 6.58 Å². The van der Waals surface area contributed by atoms with Gasteiger partial charge in [-0.05, 0) is 19.8 Å². The van der Waals surface area contributed by atoms with Gasteiger partial charge in [0.05, 0.1) is 5.41 Å². The van der Waals surface area contributed by atoms with Crippen molar-refractivity contribution in [1.29, 1.82) is 5.39 Å². The molecule has 0 saturated carbocycles. The van der Waals surface area contributed by atoms with E-state index in [0.717, 1.165) is 6.20 Å². The summed E-state index contributed by atoms with van der Waals surface area (Å²) in [7, 11) is 0. The number of hydrogen-bond acceptors (Lipinski definition) is 3. The molecule has 1 aromatic rings. The molecule has 1 atom stereocenters. The average molecular weight is 257 g/mol. The number of carbonyl (C=O) groups excluding carboxylic acids is 1. The smallest absolute Gasteiger partial charge is 0.388 e. The van der Waals surface area contributed by atoms with Crippen molar-refractivity contribution in [2.75, 3.05) is 0 Å². The second-order valence-corrected chi connectivity index (χ2v) is 4.48. The van der Waals surface area contributed by atoms with Gasteiger partial charge in [-0.2, -0.15) is 0 Å². The maximum Gasteiger partial charge on any atom is 0.388 e. The van der Waals surface area contributed by atoms with E-state index in [1.54, 1.807) is 37.3 Å². The van der Waals surface area contributed by atoms with Gasteiger partial charge in [0.15, 0.2) is 16.5 Å². The molecule has 4 heteroatoms. The molecule has 1 unspecified atom stereocenters. The number of rotatable bonds is 6. The molecule has 0 spiro atoms. The first-order chi connectivity index (χ1) is 9.06. The van der Waals surface area contributed by atoms with Crippen LogP contribution in [0, 0.1) is 10.8 Å². The zero-order chi connectivity index (χ0) is 14.3. The van der Waals surface area contributed by atoms with Gasteiger partial charge in [-0.25, -0.2) is 0 Å². The monoisotopic (exact) mass is 257 g/mol. The molecule has 0 bridgehead atoms. The molecule has 19 heavy (non-hydrogen) atoms. The maximum absolute atomic E-state index is 12.5. The molecule has 98 valence electrons. The average Bonchev–Trinajstić information content (AvgIpc) is 2.45. The minimum absolute atomic E-state index is 0.215. The fraction of sp³-hybridized carbons (Fsp3) is 0.267. The van der Waals surface area contributed by atoms with E-state index in [9.17, 15) is 9.90 Å². The minimum atomic E-state index is -1.12. The molecule has 0 aliphatic carbocycles. The Hall–Kier alpha value is -2.41. The number of diazo groups is 1. The van der Waals surface area contributed by atoms with E-state index in [2.05, 4.69) is 11.6 Å². The topological polar surface area (TPSA) is 65.4 Å². The highest BCUT2D eigenvalue weighted by molar-refractivity contribution is 6.01. The molecule has 0 amide bonds. The fourth-order valence-electron chi connectivity index (χ4n) is 1.85. The molecule has 0 fully saturated rings. The van der Waals surface area contributed by atoms with Crippen LogP contribution in [-0.4, -0.2) is 10.9 Å². The highest BCUT2D eigenvalue weighted by Gasteiger charge is 2.39. The van der Waals surface area contributed by atoms with Crippen LogP contribution >= 0.6 is 0 Å². The highest BCUT2D eigenvalue weighted by atomic mass is 16.3. The molecule has 1 N–H and O–H groups in total. The Morgan fingerprint density at radius 3 is 2.63 bits per heavy atom. The van der Waals surface area contributed by atoms with E-state index >= 15 is 0 Å². The van der Waals surface area contributed by atoms with Gasteiger partial charge in [-0.1, -0.05) is 36.4 Å². The number of Topliss-reactive ketones (excluding diaryl/α,β-unsaturated/α-hetero) is 1. The Kier molecular flexibility index (Phi) is 5.01. The molecule has 0 aliphatic heterocycles. The molecular weight excluding hydrogens is 240 g/mol. The van der Waals surface area contributed by atoms with E-state index in [1.165, 1.54) is 0 Å². The van der Waals surface area contributed by atoms with Gasteiger partial charge in [0.25, 0.3) is 0 Å². The number of benzene rings is 1. The van der Waals surface area contributed by atoms with Crippen molar-refractivity contribution < 1.29 is 9.90 Å². The van der Waals surface area contributed by atoms with Crippen LogP contribution in [0.2, 0.25) is 0 Å². The molecule has 0 heterocycles. The summed E-state index contributed by atoms with van der Waals surface area (Å²) >= 11 is 0. The van der Waals surface area contributed by atoms with Crippen LogP contribution in [-0.2, 0) is 0 Å². The second kappa shape index (κ2) is 6.50. The first-order valence-corrected chi connectivity index (χ1v) is 6.01.